The molecule has 0 saturated carbocycles. The number of aryl methyl sites for hydroxylation is 1. The number of hydrogen-bond donors (Lipinski definition) is 0. The standard InChI is InChI=1S/C26H28N2/c1-19-9-5-6-10-21(19)17-25-27-23-11-7-8-12-24(23)28(25)18-20-13-15-22(16-14-20)26(2,3)4/h5-16H,17-18H2,1-4H3. The molecular formula is C26H28N2. The number of imidazole rings is 1. The molecule has 0 spiro atoms. The van der Waals surface area contributed by atoms with Crippen LogP contribution in [0.3, 0.4) is 0 Å². The summed E-state index contributed by atoms with van der Waals surface area (Å²) in [6.45, 7) is 9.78. The second-order valence-electron chi connectivity index (χ2n) is 8.65. The summed E-state index contributed by atoms with van der Waals surface area (Å²) in [4.78, 5) is 4.97. The Bertz CT molecular complexity index is 1100. The molecule has 2 heteroatoms. The van der Waals surface area contributed by atoms with Crippen molar-refractivity contribution in [3.8, 4) is 0 Å². The van der Waals surface area contributed by atoms with Crippen molar-refractivity contribution >= 4 is 11.0 Å². The van der Waals surface area contributed by atoms with Gasteiger partial charge in [0.15, 0.2) is 0 Å². The summed E-state index contributed by atoms with van der Waals surface area (Å²) in [5.41, 5.74) is 7.77. The normalized spacial score (nSPS) is 11.9. The Morgan fingerprint density at radius 1 is 0.821 bits per heavy atom. The Morgan fingerprint density at radius 3 is 2.21 bits per heavy atom. The topological polar surface area (TPSA) is 17.8 Å². The first-order chi connectivity index (χ1) is 13.4. The molecule has 0 amide bonds. The third-order valence-electron chi connectivity index (χ3n) is 5.50. The van der Waals surface area contributed by atoms with Crippen LogP contribution in [0, 0.1) is 6.92 Å². The molecule has 0 radical (unpaired) electrons. The molecule has 0 bridgehead atoms. The average molecular weight is 369 g/mol. The van der Waals surface area contributed by atoms with Gasteiger partial charge in [0, 0.05) is 13.0 Å². The van der Waals surface area contributed by atoms with Gasteiger partial charge in [0.25, 0.3) is 0 Å². The highest BCUT2D eigenvalue weighted by molar-refractivity contribution is 5.76. The molecule has 0 atom stereocenters. The molecule has 3 aromatic carbocycles. The zero-order chi connectivity index (χ0) is 19.7. The van der Waals surface area contributed by atoms with E-state index in [-0.39, 0.29) is 5.41 Å². The van der Waals surface area contributed by atoms with Crippen LogP contribution in [-0.2, 0) is 18.4 Å². The molecule has 0 aliphatic heterocycles. The predicted molar refractivity (Wildman–Crippen MR) is 118 cm³/mol. The summed E-state index contributed by atoms with van der Waals surface area (Å²) in [6.07, 6.45) is 0.849. The van der Waals surface area contributed by atoms with Gasteiger partial charge in [-0.2, -0.15) is 0 Å². The minimum atomic E-state index is 0.177. The van der Waals surface area contributed by atoms with Gasteiger partial charge in [0.2, 0.25) is 0 Å². The molecule has 0 unspecified atom stereocenters. The SMILES string of the molecule is Cc1ccccc1Cc1nc2ccccc2n1Cc1ccc(C(C)(C)C)cc1. The molecule has 0 saturated heterocycles. The first kappa shape index (κ1) is 18.5. The van der Waals surface area contributed by atoms with Gasteiger partial charge in [0.05, 0.1) is 11.0 Å². The lowest BCUT2D eigenvalue weighted by atomic mass is 9.87. The minimum Gasteiger partial charge on any atom is -0.323 e. The predicted octanol–water partition coefficient (Wildman–Crippen LogP) is 6.28. The summed E-state index contributed by atoms with van der Waals surface area (Å²) in [5.74, 6) is 1.12. The van der Waals surface area contributed by atoms with Gasteiger partial charge in [-0.25, -0.2) is 4.98 Å². The van der Waals surface area contributed by atoms with Crippen molar-refractivity contribution in [2.24, 2.45) is 0 Å². The molecule has 142 valence electrons. The van der Waals surface area contributed by atoms with E-state index in [0.717, 1.165) is 24.3 Å². The van der Waals surface area contributed by atoms with Crippen LogP contribution in [0.25, 0.3) is 11.0 Å². The van der Waals surface area contributed by atoms with E-state index >= 15 is 0 Å². The smallest absolute Gasteiger partial charge is 0.114 e. The maximum Gasteiger partial charge on any atom is 0.114 e. The molecule has 1 heterocycles. The molecule has 0 aliphatic rings. The quantitative estimate of drug-likeness (QED) is 0.414. The van der Waals surface area contributed by atoms with E-state index in [2.05, 4.69) is 105 Å². The zero-order valence-corrected chi connectivity index (χ0v) is 17.2. The van der Waals surface area contributed by atoms with E-state index in [4.69, 9.17) is 4.98 Å². The van der Waals surface area contributed by atoms with Crippen LogP contribution < -0.4 is 0 Å². The third kappa shape index (κ3) is 3.73. The molecule has 0 aliphatic carbocycles. The lowest BCUT2D eigenvalue weighted by molar-refractivity contribution is 0.589. The van der Waals surface area contributed by atoms with Crippen LogP contribution in [0.4, 0.5) is 0 Å². The van der Waals surface area contributed by atoms with Gasteiger partial charge in [-0.3, -0.25) is 0 Å². The van der Waals surface area contributed by atoms with Crippen LogP contribution in [0.2, 0.25) is 0 Å². The van der Waals surface area contributed by atoms with Gasteiger partial charge in [-0.1, -0.05) is 81.4 Å². The Hall–Kier alpha value is -2.87. The second-order valence-corrected chi connectivity index (χ2v) is 8.65. The monoisotopic (exact) mass is 368 g/mol. The van der Waals surface area contributed by atoms with Gasteiger partial charge in [0.1, 0.15) is 5.82 Å². The van der Waals surface area contributed by atoms with Crippen molar-refractivity contribution in [1.29, 1.82) is 0 Å². The Kier molecular flexibility index (Phi) is 4.80. The highest BCUT2D eigenvalue weighted by Crippen LogP contribution is 2.24. The summed E-state index contributed by atoms with van der Waals surface area (Å²) >= 11 is 0. The van der Waals surface area contributed by atoms with Crippen molar-refractivity contribution < 1.29 is 0 Å². The maximum atomic E-state index is 4.97. The molecule has 2 nitrogen and oxygen atoms in total. The van der Waals surface area contributed by atoms with Crippen molar-refractivity contribution in [1.82, 2.24) is 9.55 Å². The number of benzene rings is 3. The Morgan fingerprint density at radius 2 is 1.50 bits per heavy atom. The summed E-state index contributed by atoms with van der Waals surface area (Å²) in [6, 6.07) is 26.1. The fraction of sp³-hybridized carbons (Fsp3) is 0.269. The number of nitrogens with zero attached hydrogens (tertiary/aromatic N) is 2. The highest BCUT2D eigenvalue weighted by atomic mass is 15.1. The number of hydrogen-bond acceptors (Lipinski definition) is 1. The Balaban J connectivity index is 1.72. The number of para-hydroxylation sites is 2. The van der Waals surface area contributed by atoms with Gasteiger partial charge >= 0.3 is 0 Å². The summed E-state index contributed by atoms with van der Waals surface area (Å²) in [5, 5.41) is 0. The number of aromatic nitrogens is 2. The van der Waals surface area contributed by atoms with E-state index < -0.39 is 0 Å². The molecule has 4 rings (SSSR count). The lowest BCUT2D eigenvalue weighted by Crippen LogP contribution is -2.11. The van der Waals surface area contributed by atoms with E-state index in [1.54, 1.807) is 0 Å². The van der Waals surface area contributed by atoms with Crippen molar-refractivity contribution in [2.75, 3.05) is 0 Å². The van der Waals surface area contributed by atoms with Gasteiger partial charge in [-0.15, -0.1) is 0 Å². The number of fused-ring (bicyclic) bond motifs is 1. The highest BCUT2D eigenvalue weighted by Gasteiger charge is 2.15. The molecule has 28 heavy (non-hydrogen) atoms. The van der Waals surface area contributed by atoms with E-state index in [0.29, 0.717) is 0 Å². The molecule has 1 aromatic heterocycles. The van der Waals surface area contributed by atoms with Crippen LogP contribution in [-0.4, -0.2) is 9.55 Å². The van der Waals surface area contributed by atoms with Crippen LogP contribution >= 0.6 is 0 Å². The van der Waals surface area contributed by atoms with E-state index in [9.17, 15) is 0 Å². The van der Waals surface area contributed by atoms with E-state index in [1.165, 1.54) is 27.8 Å². The van der Waals surface area contributed by atoms with Crippen LogP contribution in [0.5, 0.6) is 0 Å². The van der Waals surface area contributed by atoms with Crippen molar-refractivity contribution in [3.05, 3.63) is 101 Å². The number of rotatable bonds is 4. The Labute approximate surface area is 167 Å². The molecule has 0 fully saturated rings. The van der Waals surface area contributed by atoms with Gasteiger partial charge in [-0.05, 0) is 46.7 Å². The molecule has 0 N–H and O–H groups in total. The molecule has 4 aromatic rings. The maximum absolute atomic E-state index is 4.97. The summed E-state index contributed by atoms with van der Waals surface area (Å²) < 4.78 is 2.37. The lowest BCUT2D eigenvalue weighted by Gasteiger charge is -2.19. The first-order valence-electron chi connectivity index (χ1n) is 10.00. The molecular weight excluding hydrogens is 340 g/mol. The van der Waals surface area contributed by atoms with Gasteiger partial charge < -0.3 is 4.57 Å². The zero-order valence-electron chi connectivity index (χ0n) is 17.2. The van der Waals surface area contributed by atoms with Crippen molar-refractivity contribution in [3.63, 3.8) is 0 Å². The minimum absolute atomic E-state index is 0.177. The third-order valence-corrected chi connectivity index (χ3v) is 5.50. The van der Waals surface area contributed by atoms with Crippen LogP contribution in [0.15, 0.2) is 72.8 Å². The average Bonchev–Trinajstić information content (AvgIpc) is 3.01. The summed E-state index contributed by atoms with van der Waals surface area (Å²) in [7, 11) is 0. The fourth-order valence-electron chi connectivity index (χ4n) is 3.71. The largest absolute Gasteiger partial charge is 0.323 e. The fourth-order valence-corrected chi connectivity index (χ4v) is 3.71. The second kappa shape index (κ2) is 7.27. The van der Waals surface area contributed by atoms with E-state index in [1.807, 2.05) is 0 Å². The van der Waals surface area contributed by atoms with Crippen LogP contribution in [0.1, 0.15) is 48.8 Å². The first-order valence-corrected chi connectivity index (χ1v) is 10.00. The van der Waals surface area contributed by atoms with Crippen molar-refractivity contribution in [2.45, 2.75) is 46.1 Å².